The van der Waals surface area contributed by atoms with Gasteiger partial charge in [0.15, 0.2) is 0 Å². The summed E-state index contributed by atoms with van der Waals surface area (Å²) >= 11 is 3.51. The number of amides is 1. The van der Waals surface area contributed by atoms with Crippen LogP contribution < -0.4 is 0 Å². The van der Waals surface area contributed by atoms with Crippen molar-refractivity contribution in [1.82, 2.24) is 9.88 Å². The Morgan fingerprint density at radius 3 is 2.76 bits per heavy atom. The van der Waals surface area contributed by atoms with E-state index in [2.05, 4.69) is 20.9 Å². The fourth-order valence-corrected chi connectivity index (χ4v) is 3.03. The van der Waals surface area contributed by atoms with Crippen molar-refractivity contribution in [2.45, 2.75) is 32.4 Å². The van der Waals surface area contributed by atoms with Gasteiger partial charge in [0.1, 0.15) is 0 Å². The van der Waals surface area contributed by atoms with Crippen molar-refractivity contribution in [3.05, 3.63) is 63.9 Å². The smallest absolute Gasteiger partial charge is 0.255 e. The molecule has 0 atom stereocenters. The fourth-order valence-electron chi connectivity index (χ4n) is 2.37. The van der Waals surface area contributed by atoms with Crippen LogP contribution in [0.1, 0.15) is 34.5 Å². The highest BCUT2D eigenvalue weighted by atomic mass is 79.9. The first-order valence-electron chi connectivity index (χ1n) is 7.12. The van der Waals surface area contributed by atoms with Gasteiger partial charge in [0.25, 0.3) is 5.91 Å². The molecule has 1 aromatic heterocycles. The molecule has 0 radical (unpaired) electrons. The van der Waals surface area contributed by atoms with Crippen LogP contribution >= 0.6 is 15.9 Å². The van der Waals surface area contributed by atoms with Gasteiger partial charge in [0, 0.05) is 16.7 Å². The predicted octanol–water partition coefficient (Wildman–Crippen LogP) is 3.96. The number of hydrogen-bond donors (Lipinski definition) is 0. The molecule has 1 aliphatic rings. The minimum atomic E-state index is 0.0787. The lowest BCUT2D eigenvalue weighted by atomic mass is 10.1. The molecule has 1 saturated carbocycles. The van der Waals surface area contributed by atoms with Crippen molar-refractivity contribution in [3.8, 4) is 0 Å². The third-order valence-electron chi connectivity index (χ3n) is 3.66. The van der Waals surface area contributed by atoms with E-state index in [9.17, 15) is 4.79 Å². The maximum absolute atomic E-state index is 12.8. The maximum Gasteiger partial charge on any atom is 0.255 e. The summed E-state index contributed by atoms with van der Waals surface area (Å²) in [5.74, 6) is 0.0787. The summed E-state index contributed by atoms with van der Waals surface area (Å²) in [6, 6.07) is 12.0. The van der Waals surface area contributed by atoms with Gasteiger partial charge < -0.3 is 4.90 Å². The van der Waals surface area contributed by atoms with Crippen molar-refractivity contribution >= 4 is 21.8 Å². The summed E-state index contributed by atoms with van der Waals surface area (Å²) in [6.45, 7) is 2.59. The first-order chi connectivity index (χ1) is 10.1. The second kappa shape index (κ2) is 5.98. The number of aryl methyl sites for hydroxylation is 1. The Morgan fingerprint density at radius 1 is 1.33 bits per heavy atom. The number of pyridine rings is 1. The average molecular weight is 345 g/mol. The zero-order chi connectivity index (χ0) is 14.8. The van der Waals surface area contributed by atoms with Crippen LogP contribution in [0.25, 0.3) is 0 Å². The van der Waals surface area contributed by atoms with Crippen LogP contribution in [0.15, 0.2) is 47.1 Å². The molecule has 0 aliphatic heterocycles. The summed E-state index contributed by atoms with van der Waals surface area (Å²) in [4.78, 5) is 19.1. The molecule has 1 fully saturated rings. The van der Waals surface area contributed by atoms with Crippen molar-refractivity contribution in [1.29, 1.82) is 0 Å². The zero-order valence-corrected chi connectivity index (χ0v) is 13.5. The van der Waals surface area contributed by atoms with Gasteiger partial charge in [-0.3, -0.25) is 9.78 Å². The van der Waals surface area contributed by atoms with E-state index in [-0.39, 0.29) is 5.91 Å². The molecule has 0 spiro atoms. The van der Waals surface area contributed by atoms with Crippen LogP contribution in [-0.2, 0) is 6.54 Å². The number of rotatable bonds is 4. The maximum atomic E-state index is 12.8. The summed E-state index contributed by atoms with van der Waals surface area (Å²) < 4.78 is 0.860. The van der Waals surface area contributed by atoms with Crippen LogP contribution in [0, 0.1) is 6.92 Å². The van der Waals surface area contributed by atoms with E-state index < -0.39 is 0 Å². The normalized spacial score (nSPS) is 14.0. The first kappa shape index (κ1) is 14.3. The Bertz CT molecular complexity index is 653. The number of benzene rings is 1. The van der Waals surface area contributed by atoms with E-state index in [1.807, 2.05) is 48.2 Å². The van der Waals surface area contributed by atoms with Crippen LogP contribution in [0.3, 0.4) is 0 Å². The molecule has 0 bridgehead atoms. The molecule has 1 aromatic carbocycles. The molecule has 4 heteroatoms. The monoisotopic (exact) mass is 344 g/mol. The van der Waals surface area contributed by atoms with Crippen molar-refractivity contribution in [3.63, 3.8) is 0 Å². The van der Waals surface area contributed by atoms with Gasteiger partial charge >= 0.3 is 0 Å². The molecule has 0 saturated heterocycles. The van der Waals surface area contributed by atoms with E-state index in [1.165, 1.54) is 0 Å². The summed E-state index contributed by atoms with van der Waals surface area (Å²) in [6.07, 6.45) is 3.94. The first-order valence-corrected chi connectivity index (χ1v) is 7.91. The van der Waals surface area contributed by atoms with Crippen LogP contribution in [0.4, 0.5) is 0 Å². The average Bonchev–Trinajstić information content (AvgIpc) is 3.30. The highest BCUT2D eigenvalue weighted by molar-refractivity contribution is 9.10. The topological polar surface area (TPSA) is 33.2 Å². The number of halogens is 1. The lowest BCUT2D eigenvalue weighted by Crippen LogP contribution is -2.33. The SMILES string of the molecule is Cc1ccc(C(=O)N(Cc2ccccn2)C2CC2)c(Br)c1. The Hall–Kier alpha value is -1.68. The molecule has 108 valence electrons. The zero-order valence-electron chi connectivity index (χ0n) is 11.9. The molecule has 1 heterocycles. The van der Waals surface area contributed by atoms with E-state index >= 15 is 0 Å². The predicted molar refractivity (Wildman–Crippen MR) is 86.0 cm³/mol. The van der Waals surface area contributed by atoms with Gasteiger partial charge in [0.05, 0.1) is 17.8 Å². The number of carbonyl (C=O) groups excluding carboxylic acids is 1. The van der Waals surface area contributed by atoms with Crippen LogP contribution in [0.2, 0.25) is 0 Å². The number of nitrogens with zero attached hydrogens (tertiary/aromatic N) is 2. The molecule has 0 N–H and O–H groups in total. The van der Waals surface area contributed by atoms with Gasteiger partial charge in [-0.05, 0) is 65.5 Å². The standard InChI is InChI=1S/C17H17BrN2O/c1-12-5-8-15(16(18)10-12)17(21)20(14-6-7-14)11-13-4-2-3-9-19-13/h2-5,8-10,14H,6-7,11H2,1H3. The lowest BCUT2D eigenvalue weighted by molar-refractivity contribution is 0.0727. The summed E-state index contributed by atoms with van der Waals surface area (Å²) in [5, 5.41) is 0. The van der Waals surface area contributed by atoms with E-state index in [4.69, 9.17) is 0 Å². The minimum Gasteiger partial charge on any atom is -0.330 e. The van der Waals surface area contributed by atoms with Crippen molar-refractivity contribution < 1.29 is 4.79 Å². The van der Waals surface area contributed by atoms with Gasteiger partial charge in [-0.1, -0.05) is 12.1 Å². The van der Waals surface area contributed by atoms with Gasteiger partial charge in [0.2, 0.25) is 0 Å². The Morgan fingerprint density at radius 2 is 2.14 bits per heavy atom. The van der Waals surface area contributed by atoms with E-state index in [1.54, 1.807) is 6.20 Å². The van der Waals surface area contributed by atoms with Gasteiger partial charge in [-0.15, -0.1) is 0 Å². The number of hydrogen-bond acceptors (Lipinski definition) is 2. The van der Waals surface area contributed by atoms with Crippen molar-refractivity contribution in [2.75, 3.05) is 0 Å². The molecule has 21 heavy (non-hydrogen) atoms. The molecule has 3 rings (SSSR count). The molecular weight excluding hydrogens is 328 g/mol. The highest BCUT2D eigenvalue weighted by Crippen LogP contribution is 2.31. The summed E-state index contributed by atoms with van der Waals surface area (Å²) in [7, 11) is 0. The van der Waals surface area contributed by atoms with Crippen LogP contribution in [0.5, 0.6) is 0 Å². The number of aromatic nitrogens is 1. The quantitative estimate of drug-likeness (QED) is 0.840. The molecule has 1 aliphatic carbocycles. The Labute approximate surface area is 133 Å². The van der Waals surface area contributed by atoms with Gasteiger partial charge in [-0.25, -0.2) is 0 Å². The number of carbonyl (C=O) groups is 1. The van der Waals surface area contributed by atoms with Crippen molar-refractivity contribution in [2.24, 2.45) is 0 Å². The largest absolute Gasteiger partial charge is 0.330 e. The Balaban J connectivity index is 1.85. The van der Waals surface area contributed by atoms with Gasteiger partial charge in [-0.2, -0.15) is 0 Å². The van der Waals surface area contributed by atoms with Crippen LogP contribution in [-0.4, -0.2) is 21.8 Å². The lowest BCUT2D eigenvalue weighted by Gasteiger charge is -2.23. The fraction of sp³-hybridized carbons (Fsp3) is 0.294. The molecule has 3 nitrogen and oxygen atoms in total. The summed E-state index contributed by atoms with van der Waals surface area (Å²) in [5.41, 5.74) is 2.80. The van der Waals surface area contributed by atoms with E-state index in [0.29, 0.717) is 12.6 Å². The Kier molecular flexibility index (Phi) is 4.06. The minimum absolute atomic E-state index is 0.0787. The molecule has 0 unspecified atom stereocenters. The molecule has 1 amide bonds. The third kappa shape index (κ3) is 3.32. The molecular formula is C17H17BrN2O. The second-order valence-corrected chi connectivity index (χ2v) is 6.32. The third-order valence-corrected chi connectivity index (χ3v) is 4.32. The molecule has 2 aromatic rings. The highest BCUT2D eigenvalue weighted by Gasteiger charge is 2.33. The van der Waals surface area contributed by atoms with E-state index in [0.717, 1.165) is 34.1 Å². The second-order valence-electron chi connectivity index (χ2n) is 5.47.